The van der Waals surface area contributed by atoms with Crippen molar-refractivity contribution in [1.82, 2.24) is 0 Å². The van der Waals surface area contributed by atoms with Crippen LogP contribution < -0.4 is 0 Å². The van der Waals surface area contributed by atoms with Crippen molar-refractivity contribution < 1.29 is 19.0 Å². The summed E-state index contributed by atoms with van der Waals surface area (Å²) in [7, 11) is 0. The second kappa shape index (κ2) is 6.94. The van der Waals surface area contributed by atoms with Crippen molar-refractivity contribution in [2.24, 2.45) is 17.8 Å². The molecule has 1 spiro atoms. The van der Waals surface area contributed by atoms with Crippen LogP contribution in [-0.4, -0.2) is 30.4 Å². The molecule has 0 aromatic carbocycles. The fourth-order valence-electron chi connectivity index (χ4n) is 4.47. The molecule has 4 heteroatoms. The number of allylic oxidation sites excluding steroid dienone is 1. The van der Waals surface area contributed by atoms with E-state index in [0.717, 1.165) is 25.9 Å². The molecular weight excluding hydrogens is 292 g/mol. The number of rotatable bonds is 3. The summed E-state index contributed by atoms with van der Waals surface area (Å²) in [5, 5.41) is 0. The Bertz CT molecular complexity index is 458. The Morgan fingerprint density at radius 1 is 1.26 bits per heavy atom. The summed E-state index contributed by atoms with van der Waals surface area (Å²) in [6.45, 7) is 7.58. The topological polar surface area (TPSA) is 44.8 Å². The molecule has 1 saturated heterocycles. The van der Waals surface area contributed by atoms with Gasteiger partial charge >= 0.3 is 0 Å². The molecule has 1 saturated carbocycles. The van der Waals surface area contributed by atoms with Gasteiger partial charge in [0.25, 0.3) is 0 Å². The lowest BCUT2D eigenvalue weighted by Gasteiger charge is -2.51. The number of hydrogen-bond acceptors (Lipinski definition) is 4. The summed E-state index contributed by atoms with van der Waals surface area (Å²) in [6, 6.07) is 0. The van der Waals surface area contributed by atoms with Crippen molar-refractivity contribution in [1.29, 1.82) is 0 Å². The molecule has 0 aromatic heterocycles. The van der Waals surface area contributed by atoms with Gasteiger partial charge in [0.05, 0.1) is 19.0 Å². The van der Waals surface area contributed by atoms with Crippen molar-refractivity contribution in [3.63, 3.8) is 0 Å². The second-order valence-electron chi connectivity index (χ2n) is 7.89. The summed E-state index contributed by atoms with van der Waals surface area (Å²) < 4.78 is 18.4. The van der Waals surface area contributed by atoms with Crippen molar-refractivity contribution in [3.8, 4) is 0 Å². The van der Waals surface area contributed by atoms with E-state index in [1.54, 1.807) is 0 Å². The number of ketones is 1. The molecule has 130 valence electrons. The first kappa shape index (κ1) is 17.0. The van der Waals surface area contributed by atoms with Crippen LogP contribution in [0.1, 0.15) is 59.3 Å². The van der Waals surface area contributed by atoms with E-state index in [0.29, 0.717) is 24.2 Å². The third-order valence-corrected chi connectivity index (χ3v) is 5.61. The van der Waals surface area contributed by atoms with Crippen molar-refractivity contribution in [3.05, 3.63) is 12.3 Å². The molecule has 0 N–H and O–H groups in total. The molecule has 2 heterocycles. The first-order valence-corrected chi connectivity index (χ1v) is 9.15. The zero-order chi connectivity index (χ0) is 16.4. The highest BCUT2D eigenvalue weighted by molar-refractivity contribution is 5.90. The number of carbonyl (C=O) groups excluding carboxylic acids is 1. The van der Waals surface area contributed by atoms with Crippen molar-refractivity contribution in [2.75, 3.05) is 6.61 Å². The molecule has 4 nitrogen and oxygen atoms in total. The largest absolute Gasteiger partial charge is 0.497 e. The van der Waals surface area contributed by atoms with E-state index in [1.165, 1.54) is 25.2 Å². The van der Waals surface area contributed by atoms with Crippen LogP contribution >= 0.6 is 0 Å². The third-order valence-electron chi connectivity index (χ3n) is 5.61. The van der Waals surface area contributed by atoms with Gasteiger partial charge < -0.3 is 14.2 Å². The Labute approximate surface area is 139 Å². The quantitative estimate of drug-likeness (QED) is 0.792. The van der Waals surface area contributed by atoms with E-state index in [9.17, 15) is 4.79 Å². The van der Waals surface area contributed by atoms with E-state index >= 15 is 0 Å². The normalized spacial score (nSPS) is 41.3. The number of hydrogen-bond donors (Lipinski definition) is 0. The Morgan fingerprint density at radius 3 is 2.83 bits per heavy atom. The molecule has 0 radical (unpaired) electrons. The number of ether oxygens (including phenoxy) is 3. The van der Waals surface area contributed by atoms with Crippen molar-refractivity contribution >= 4 is 5.78 Å². The SMILES string of the molecule is CC(C)[C@@H]1CC[C@@H](C)C[C@@]12OCC[C@@H](C[C@@H]1CC(=O)C=CO1)O2. The van der Waals surface area contributed by atoms with Gasteiger partial charge in [-0.15, -0.1) is 0 Å². The van der Waals surface area contributed by atoms with Gasteiger partial charge in [0, 0.05) is 31.3 Å². The van der Waals surface area contributed by atoms with Gasteiger partial charge in [0.2, 0.25) is 0 Å². The fourth-order valence-corrected chi connectivity index (χ4v) is 4.47. The maximum Gasteiger partial charge on any atom is 0.171 e. The summed E-state index contributed by atoms with van der Waals surface area (Å²) in [5.74, 6) is 1.36. The van der Waals surface area contributed by atoms with Crippen LogP contribution in [0.3, 0.4) is 0 Å². The summed E-state index contributed by atoms with van der Waals surface area (Å²) >= 11 is 0. The second-order valence-corrected chi connectivity index (χ2v) is 7.89. The molecule has 2 fully saturated rings. The van der Waals surface area contributed by atoms with Crippen LogP contribution in [-0.2, 0) is 19.0 Å². The van der Waals surface area contributed by atoms with E-state index in [-0.39, 0.29) is 18.0 Å². The van der Waals surface area contributed by atoms with Crippen LogP contribution in [0, 0.1) is 17.8 Å². The van der Waals surface area contributed by atoms with Gasteiger partial charge in [-0.1, -0.05) is 27.2 Å². The molecular formula is C19H30O4. The van der Waals surface area contributed by atoms with Crippen LogP contribution in [0.25, 0.3) is 0 Å². The van der Waals surface area contributed by atoms with E-state index < -0.39 is 5.79 Å². The molecule has 23 heavy (non-hydrogen) atoms. The summed E-state index contributed by atoms with van der Waals surface area (Å²) in [4.78, 5) is 11.6. The van der Waals surface area contributed by atoms with Crippen LogP contribution in [0.5, 0.6) is 0 Å². The zero-order valence-corrected chi connectivity index (χ0v) is 14.6. The average Bonchev–Trinajstić information content (AvgIpc) is 2.46. The standard InChI is InChI=1S/C19H30O4/c1-13(2)18-5-4-14(3)12-19(18)22-9-7-16(23-19)11-17-10-15(20)6-8-21-17/h6,8,13-14,16-18H,4-5,7,9-12H2,1-3H3/t14-,16+,17+,18+,19+/m1/s1. The van der Waals surface area contributed by atoms with Gasteiger partial charge in [0.1, 0.15) is 6.10 Å². The summed E-state index contributed by atoms with van der Waals surface area (Å²) in [5.41, 5.74) is 0. The maximum absolute atomic E-state index is 11.6. The summed E-state index contributed by atoms with van der Waals surface area (Å²) in [6.07, 6.45) is 8.67. The Kier molecular flexibility index (Phi) is 5.12. The maximum atomic E-state index is 11.6. The van der Waals surface area contributed by atoms with Gasteiger partial charge in [-0.3, -0.25) is 4.79 Å². The Morgan fingerprint density at radius 2 is 2.09 bits per heavy atom. The molecule has 0 aromatic rings. The molecule has 0 bridgehead atoms. The zero-order valence-electron chi connectivity index (χ0n) is 14.6. The van der Waals surface area contributed by atoms with E-state index in [2.05, 4.69) is 20.8 Å². The monoisotopic (exact) mass is 322 g/mol. The molecule has 3 aliphatic rings. The lowest BCUT2D eigenvalue weighted by atomic mass is 9.72. The third kappa shape index (κ3) is 3.80. The lowest BCUT2D eigenvalue weighted by Crippen LogP contribution is -2.55. The van der Waals surface area contributed by atoms with Gasteiger partial charge in [-0.05, 0) is 24.7 Å². The van der Waals surface area contributed by atoms with E-state index in [1.807, 2.05) is 0 Å². The van der Waals surface area contributed by atoms with Crippen molar-refractivity contribution in [2.45, 2.75) is 77.3 Å². The Balaban J connectivity index is 1.68. The first-order valence-electron chi connectivity index (χ1n) is 9.15. The van der Waals surface area contributed by atoms with Gasteiger partial charge in [-0.25, -0.2) is 0 Å². The minimum Gasteiger partial charge on any atom is -0.497 e. The molecule has 0 amide bonds. The van der Waals surface area contributed by atoms with Gasteiger partial charge in [0.15, 0.2) is 11.6 Å². The number of carbonyl (C=O) groups is 1. The minimum atomic E-state index is -0.427. The first-order chi connectivity index (χ1) is 11.0. The minimum absolute atomic E-state index is 0.0498. The highest BCUT2D eigenvalue weighted by Gasteiger charge is 2.49. The van der Waals surface area contributed by atoms with E-state index in [4.69, 9.17) is 14.2 Å². The molecule has 1 aliphatic carbocycles. The molecule has 3 rings (SSSR count). The predicted octanol–water partition coefficient (Wildman–Crippen LogP) is 3.84. The smallest absolute Gasteiger partial charge is 0.171 e. The molecule has 5 atom stereocenters. The Hall–Kier alpha value is -0.870. The predicted molar refractivity (Wildman–Crippen MR) is 87.8 cm³/mol. The van der Waals surface area contributed by atoms with Crippen LogP contribution in [0.2, 0.25) is 0 Å². The van der Waals surface area contributed by atoms with Crippen LogP contribution in [0.15, 0.2) is 12.3 Å². The average molecular weight is 322 g/mol. The van der Waals surface area contributed by atoms with Gasteiger partial charge in [-0.2, -0.15) is 0 Å². The van der Waals surface area contributed by atoms with Crippen LogP contribution in [0.4, 0.5) is 0 Å². The fraction of sp³-hybridized carbons (Fsp3) is 0.842. The highest BCUT2D eigenvalue weighted by Crippen LogP contribution is 2.47. The molecule has 2 aliphatic heterocycles. The lowest BCUT2D eigenvalue weighted by molar-refractivity contribution is -0.341. The highest BCUT2D eigenvalue weighted by atomic mass is 16.7. The molecule has 0 unspecified atom stereocenters.